The van der Waals surface area contributed by atoms with E-state index >= 15 is 0 Å². The van der Waals surface area contributed by atoms with E-state index in [1.807, 2.05) is 0 Å². The van der Waals surface area contributed by atoms with Crippen LogP contribution in [0, 0.1) is 0 Å². The molecule has 1 atom stereocenters. The van der Waals surface area contributed by atoms with Crippen LogP contribution in [0.15, 0.2) is 12.1 Å². The first kappa shape index (κ1) is 16.6. The lowest BCUT2D eigenvalue weighted by atomic mass is 9.78. The van der Waals surface area contributed by atoms with E-state index in [1.165, 1.54) is 0 Å². The highest BCUT2D eigenvalue weighted by atomic mass is 35.5. The first-order valence-electron chi connectivity index (χ1n) is 5.78. The molecule has 1 heterocycles. The average molecular weight is 308 g/mol. The maximum absolute atomic E-state index is 9.88. The molecular formula is C11H16BCl2NO4. The average Bonchev–Trinajstić information content (AvgIpc) is 2.71. The van der Waals surface area contributed by atoms with Gasteiger partial charge in [-0.15, -0.1) is 0 Å². The molecule has 1 aliphatic rings. The molecule has 0 aromatic heterocycles. The lowest BCUT2D eigenvalue weighted by Crippen LogP contribution is -3.00. The van der Waals surface area contributed by atoms with Crippen LogP contribution in [0.5, 0.6) is 5.75 Å². The monoisotopic (exact) mass is 307 g/mol. The second-order valence-electron chi connectivity index (χ2n) is 4.01. The number of aliphatic hydroxyl groups is 1. The zero-order chi connectivity index (χ0) is 13.1. The van der Waals surface area contributed by atoms with Gasteiger partial charge in [0, 0.05) is 35.6 Å². The number of benzene rings is 1. The van der Waals surface area contributed by atoms with Gasteiger partial charge in [-0.05, 0) is 12.1 Å². The van der Waals surface area contributed by atoms with Gasteiger partial charge in [-0.3, -0.25) is 0 Å². The van der Waals surface area contributed by atoms with Crippen molar-refractivity contribution in [1.29, 1.82) is 0 Å². The van der Waals surface area contributed by atoms with E-state index in [-0.39, 0.29) is 27.0 Å². The van der Waals surface area contributed by atoms with Gasteiger partial charge in [-0.2, -0.15) is 0 Å². The summed E-state index contributed by atoms with van der Waals surface area (Å²) in [5.74, 6) is 0.520. The summed E-state index contributed by atoms with van der Waals surface area (Å²) >= 11 is 6.10. The molecule has 1 aromatic carbocycles. The molecule has 106 valence electrons. The fourth-order valence-electron chi connectivity index (χ4n) is 2.01. The highest BCUT2D eigenvalue weighted by molar-refractivity contribution is 6.63. The van der Waals surface area contributed by atoms with Crippen LogP contribution in [-0.2, 0) is 4.65 Å². The van der Waals surface area contributed by atoms with Gasteiger partial charge < -0.3 is 37.7 Å². The highest BCUT2D eigenvalue weighted by Gasteiger charge is 2.39. The smallest absolute Gasteiger partial charge is 1.00 e. The van der Waals surface area contributed by atoms with Crippen molar-refractivity contribution in [2.45, 2.75) is 12.5 Å². The molecule has 0 amide bonds. The summed E-state index contributed by atoms with van der Waals surface area (Å²) in [6.07, 6.45) is 0.109. The fraction of sp³-hybridized carbons (Fsp3) is 0.455. The van der Waals surface area contributed by atoms with Gasteiger partial charge in [0.2, 0.25) is 0 Å². The number of nitrogens with two attached hydrogens (primary N) is 1. The molecule has 0 aliphatic carbocycles. The first-order valence-corrected chi connectivity index (χ1v) is 6.16. The molecule has 1 unspecified atom stereocenters. The Kier molecular flexibility index (Phi) is 6.39. The van der Waals surface area contributed by atoms with Crippen LogP contribution in [0.1, 0.15) is 19.5 Å². The van der Waals surface area contributed by atoms with Gasteiger partial charge in [0.1, 0.15) is 5.75 Å². The molecule has 8 heteroatoms. The van der Waals surface area contributed by atoms with Crippen molar-refractivity contribution in [2.75, 3.05) is 19.8 Å². The van der Waals surface area contributed by atoms with Gasteiger partial charge in [-0.25, -0.2) is 0 Å². The summed E-state index contributed by atoms with van der Waals surface area (Å²) < 4.78 is 10.8. The van der Waals surface area contributed by atoms with E-state index in [9.17, 15) is 5.02 Å². The predicted octanol–water partition coefficient (Wildman–Crippen LogP) is -3.06. The molecule has 19 heavy (non-hydrogen) atoms. The standard InChI is InChI=1S/C11H15BClNO4.ClH/c13-7-2-3-8(17-5-1-4-15)11-10(7)9(6-14)18-12(11)16;/h2-3,9,15-16H,1,4-6,14H2;1H. The Labute approximate surface area is 124 Å². The Bertz CT molecular complexity index is 441. The van der Waals surface area contributed by atoms with E-state index in [2.05, 4.69) is 0 Å². The van der Waals surface area contributed by atoms with Gasteiger partial charge in [0.25, 0.3) is 0 Å². The van der Waals surface area contributed by atoms with Crippen LogP contribution >= 0.6 is 11.6 Å². The number of aliphatic hydroxyl groups excluding tert-OH is 1. The minimum atomic E-state index is -1.07. The lowest BCUT2D eigenvalue weighted by Gasteiger charge is -2.13. The Balaban J connectivity index is 0.00000180. The molecule has 0 saturated carbocycles. The minimum Gasteiger partial charge on any atom is -1.00 e. The number of hydrogen-bond donors (Lipinski definition) is 3. The van der Waals surface area contributed by atoms with Crippen molar-refractivity contribution in [3.63, 3.8) is 0 Å². The van der Waals surface area contributed by atoms with Crippen molar-refractivity contribution in [3.8, 4) is 5.75 Å². The molecule has 5 nitrogen and oxygen atoms in total. The zero-order valence-corrected chi connectivity index (χ0v) is 11.7. The largest absolute Gasteiger partial charge is 1.00 e. The Morgan fingerprint density at radius 3 is 2.89 bits per heavy atom. The van der Waals surface area contributed by atoms with Crippen molar-refractivity contribution < 1.29 is 33.4 Å². The van der Waals surface area contributed by atoms with Crippen LogP contribution in [-0.4, -0.2) is 37.0 Å². The third-order valence-electron chi connectivity index (χ3n) is 2.83. The predicted molar refractivity (Wildman–Crippen MR) is 70.2 cm³/mol. The van der Waals surface area contributed by atoms with E-state index in [0.717, 1.165) is 0 Å². The first-order chi connectivity index (χ1) is 8.69. The van der Waals surface area contributed by atoms with Gasteiger partial charge >= 0.3 is 8.55 Å². The Morgan fingerprint density at radius 1 is 1.53 bits per heavy atom. The molecule has 4 N–H and O–H groups in total. The van der Waals surface area contributed by atoms with Crippen molar-refractivity contribution in [3.05, 3.63) is 22.7 Å². The van der Waals surface area contributed by atoms with Crippen molar-refractivity contribution in [2.24, 2.45) is 5.73 Å². The van der Waals surface area contributed by atoms with Crippen molar-refractivity contribution >= 4 is 24.2 Å². The Morgan fingerprint density at radius 2 is 2.26 bits per heavy atom. The number of fused-ring (bicyclic) bond motifs is 1. The quantitative estimate of drug-likeness (QED) is 0.397. The summed E-state index contributed by atoms with van der Waals surface area (Å²) in [7, 11) is -1.07. The molecule has 1 aliphatic heterocycles. The number of halogens is 2. The van der Waals surface area contributed by atoms with Crippen molar-refractivity contribution in [1.82, 2.24) is 0 Å². The van der Waals surface area contributed by atoms with Crippen LogP contribution in [0.2, 0.25) is 5.02 Å². The topological polar surface area (TPSA) is 84.9 Å². The van der Waals surface area contributed by atoms with Gasteiger partial charge in [-0.1, -0.05) is 11.6 Å². The van der Waals surface area contributed by atoms with E-state index < -0.39 is 13.2 Å². The second kappa shape index (κ2) is 7.33. The van der Waals surface area contributed by atoms with Gasteiger partial charge in [0.15, 0.2) is 0 Å². The summed E-state index contributed by atoms with van der Waals surface area (Å²) in [6, 6.07) is 3.38. The lowest BCUT2D eigenvalue weighted by molar-refractivity contribution is -0.00000817. The van der Waals surface area contributed by atoms with Crippen LogP contribution in [0.25, 0.3) is 0 Å². The third kappa shape index (κ3) is 3.34. The molecule has 0 spiro atoms. The molecule has 1 aromatic rings. The summed E-state index contributed by atoms with van der Waals surface area (Å²) in [6.45, 7) is 0.661. The highest BCUT2D eigenvalue weighted by Crippen LogP contribution is 2.32. The third-order valence-corrected chi connectivity index (χ3v) is 3.16. The molecular weight excluding hydrogens is 292 g/mol. The molecule has 2 rings (SSSR count). The molecule has 0 radical (unpaired) electrons. The second-order valence-corrected chi connectivity index (χ2v) is 4.42. The Hall–Kier alpha value is -0.495. The maximum Gasteiger partial charge on any atom is 1.00 e. The fourth-order valence-corrected chi connectivity index (χ4v) is 2.30. The summed E-state index contributed by atoms with van der Waals surface area (Å²) in [5, 5.41) is 19.1. The van der Waals surface area contributed by atoms with E-state index in [4.69, 9.17) is 31.8 Å². The van der Waals surface area contributed by atoms with Crippen LogP contribution in [0.3, 0.4) is 0 Å². The maximum atomic E-state index is 9.88. The van der Waals surface area contributed by atoms with E-state index in [1.54, 1.807) is 12.1 Å². The molecule has 0 saturated heterocycles. The normalized spacial score (nSPS) is 17.1. The van der Waals surface area contributed by atoms with Crippen LogP contribution in [0.4, 0.5) is 0 Å². The molecule has 0 bridgehead atoms. The SMILES string of the molecule is NCC1OB(O)c2c(OCCCO)ccc(Cl)c21.[Cl-].[H+]. The zero-order valence-electron chi connectivity index (χ0n) is 11.2. The minimum absolute atomic E-state index is 0. The number of hydrogen-bond acceptors (Lipinski definition) is 5. The summed E-state index contributed by atoms with van der Waals surface area (Å²) in [4.78, 5) is 0. The van der Waals surface area contributed by atoms with Gasteiger partial charge in [0.05, 0.1) is 12.7 Å². The summed E-state index contributed by atoms with van der Waals surface area (Å²) in [5.41, 5.74) is 6.81. The molecule has 0 fully saturated rings. The number of rotatable bonds is 5. The van der Waals surface area contributed by atoms with E-state index in [0.29, 0.717) is 34.8 Å². The van der Waals surface area contributed by atoms with Crippen LogP contribution < -0.4 is 28.3 Å². The number of ether oxygens (including phenoxy) is 1.